The zero-order valence-corrected chi connectivity index (χ0v) is 15.4. The SMILES string of the molecule is CCN(CC(=O)O)C1CC(NC(=O)c2cc(COc3ccccc3F)on2)C1. The van der Waals surface area contributed by atoms with E-state index in [2.05, 4.69) is 10.5 Å². The summed E-state index contributed by atoms with van der Waals surface area (Å²) in [5.74, 6) is -1.32. The number of para-hydroxylation sites is 1. The lowest BCUT2D eigenvalue weighted by molar-refractivity contribution is -0.139. The minimum absolute atomic E-state index is 0.00348. The van der Waals surface area contributed by atoms with Gasteiger partial charge >= 0.3 is 5.97 Å². The average Bonchev–Trinajstić information content (AvgIpc) is 3.11. The van der Waals surface area contributed by atoms with E-state index >= 15 is 0 Å². The standard InChI is InChI=1S/C19H22FN3O5/c1-2-23(10-18(24)25)13-7-12(8-13)21-19(26)16-9-14(28-22-16)11-27-17-6-4-3-5-15(17)20/h3-6,9,12-13H,2,7-8,10-11H2,1H3,(H,21,26)(H,24,25). The first-order valence-corrected chi connectivity index (χ1v) is 9.06. The lowest BCUT2D eigenvalue weighted by atomic mass is 9.85. The maximum Gasteiger partial charge on any atom is 0.317 e. The van der Waals surface area contributed by atoms with Gasteiger partial charge in [0, 0.05) is 18.2 Å². The molecule has 0 bridgehead atoms. The molecule has 1 aliphatic carbocycles. The highest BCUT2D eigenvalue weighted by Crippen LogP contribution is 2.26. The molecule has 0 saturated heterocycles. The first-order valence-electron chi connectivity index (χ1n) is 9.06. The fourth-order valence-electron chi connectivity index (χ4n) is 3.13. The van der Waals surface area contributed by atoms with Crippen molar-refractivity contribution in [3.8, 4) is 5.75 Å². The molecule has 8 nitrogen and oxygen atoms in total. The maximum absolute atomic E-state index is 13.5. The summed E-state index contributed by atoms with van der Waals surface area (Å²) in [5, 5.41) is 15.5. The zero-order valence-electron chi connectivity index (χ0n) is 15.4. The molecule has 2 N–H and O–H groups in total. The van der Waals surface area contributed by atoms with Crippen LogP contribution in [-0.2, 0) is 11.4 Å². The quantitative estimate of drug-likeness (QED) is 0.674. The molecule has 0 radical (unpaired) electrons. The lowest BCUT2D eigenvalue weighted by Crippen LogP contribution is -2.54. The molecule has 28 heavy (non-hydrogen) atoms. The molecule has 0 unspecified atom stereocenters. The molecule has 3 rings (SSSR count). The fourth-order valence-corrected chi connectivity index (χ4v) is 3.13. The van der Waals surface area contributed by atoms with Crippen molar-refractivity contribution in [2.75, 3.05) is 13.1 Å². The second-order valence-electron chi connectivity index (χ2n) is 6.65. The largest absolute Gasteiger partial charge is 0.482 e. The molecule has 1 heterocycles. The van der Waals surface area contributed by atoms with Crippen molar-refractivity contribution in [2.24, 2.45) is 0 Å². The highest BCUT2D eigenvalue weighted by atomic mass is 19.1. The molecule has 1 aromatic heterocycles. The number of likely N-dealkylation sites (N-methyl/N-ethyl adjacent to an activating group) is 1. The minimum atomic E-state index is -0.859. The maximum atomic E-state index is 13.5. The van der Waals surface area contributed by atoms with Gasteiger partial charge in [0.2, 0.25) is 0 Å². The Labute approximate surface area is 161 Å². The van der Waals surface area contributed by atoms with E-state index in [1.807, 2.05) is 11.8 Å². The van der Waals surface area contributed by atoms with Crippen LogP contribution in [0, 0.1) is 5.82 Å². The number of nitrogens with zero attached hydrogens (tertiary/aromatic N) is 2. The zero-order chi connectivity index (χ0) is 20.1. The minimum Gasteiger partial charge on any atom is -0.482 e. The van der Waals surface area contributed by atoms with Gasteiger partial charge in [-0.1, -0.05) is 24.2 Å². The van der Waals surface area contributed by atoms with E-state index in [4.69, 9.17) is 14.4 Å². The van der Waals surface area contributed by atoms with Crippen molar-refractivity contribution in [3.05, 3.63) is 47.6 Å². The number of ether oxygens (including phenoxy) is 1. The molecule has 1 amide bonds. The van der Waals surface area contributed by atoms with Crippen molar-refractivity contribution < 1.29 is 28.3 Å². The van der Waals surface area contributed by atoms with Crippen LogP contribution in [0.2, 0.25) is 0 Å². The Kier molecular flexibility index (Phi) is 6.25. The van der Waals surface area contributed by atoms with Gasteiger partial charge in [-0.3, -0.25) is 14.5 Å². The molecule has 2 aromatic rings. The number of hydrogen-bond acceptors (Lipinski definition) is 6. The summed E-state index contributed by atoms with van der Waals surface area (Å²) in [5.41, 5.74) is 0.119. The average molecular weight is 391 g/mol. The van der Waals surface area contributed by atoms with Crippen LogP contribution in [-0.4, -0.2) is 52.2 Å². The molecule has 0 aliphatic heterocycles. The number of carbonyl (C=O) groups is 2. The van der Waals surface area contributed by atoms with Crippen LogP contribution in [0.4, 0.5) is 4.39 Å². The molecule has 1 aromatic carbocycles. The summed E-state index contributed by atoms with van der Waals surface area (Å²) >= 11 is 0. The van der Waals surface area contributed by atoms with Gasteiger partial charge < -0.3 is 19.7 Å². The first kappa shape index (κ1) is 19.8. The second-order valence-corrected chi connectivity index (χ2v) is 6.65. The molecular weight excluding hydrogens is 369 g/mol. The number of carboxylic acid groups (broad SMARTS) is 1. The molecule has 0 spiro atoms. The first-order chi connectivity index (χ1) is 13.5. The Morgan fingerprint density at radius 3 is 2.82 bits per heavy atom. The predicted molar refractivity (Wildman–Crippen MR) is 96.4 cm³/mol. The van der Waals surface area contributed by atoms with E-state index in [0.29, 0.717) is 25.1 Å². The van der Waals surface area contributed by atoms with E-state index in [1.54, 1.807) is 12.1 Å². The summed E-state index contributed by atoms with van der Waals surface area (Å²) in [6.45, 7) is 2.51. The van der Waals surface area contributed by atoms with Crippen LogP contribution in [0.3, 0.4) is 0 Å². The Hall–Kier alpha value is -2.94. The second kappa shape index (κ2) is 8.83. The lowest BCUT2D eigenvalue weighted by Gasteiger charge is -2.42. The van der Waals surface area contributed by atoms with Crippen LogP contribution < -0.4 is 10.1 Å². The Balaban J connectivity index is 1.46. The number of halogens is 1. The van der Waals surface area contributed by atoms with Gasteiger partial charge in [-0.2, -0.15) is 0 Å². The van der Waals surface area contributed by atoms with Crippen molar-refractivity contribution in [3.63, 3.8) is 0 Å². The number of carboxylic acids is 1. The predicted octanol–water partition coefficient (Wildman–Crippen LogP) is 2.06. The van der Waals surface area contributed by atoms with Gasteiger partial charge in [-0.05, 0) is 31.5 Å². The molecule has 150 valence electrons. The third-order valence-corrected chi connectivity index (χ3v) is 4.71. The Morgan fingerprint density at radius 2 is 2.14 bits per heavy atom. The monoisotopic (exact) mass is 391 g/mol. The molecule has 1 fully saturated rings. The normalized spacial score (nSPS) is 18.5. The van der Waals surface area contributed by atoms with Crippen molar-refractivity contribution in [2.45, 2.75) is 38.5 Å². The fraction of sp³-hybridized carbons (Fsp3) is 0.421. The van der Waals surface area contributed by atoms with Crippen LogP contribution in [0.1, 0.15) is 36.0 Å². The van der Waals surface area contributed by atoms with E-state index in [9.17, 15) is 14.0 Å². The number of hydrogen-bond donors (Lipinski definition) is 2. The van der Waals surface area contributed by atoms with E-state index < -0.39 is 11.8 Å². The summed E-state index contributed by atoms with van der Waals surface area (Å²) in [6, 6.07) is 7.57. The van der Waals surface area contributed by atoms with Gasteiger partial charge in [0.15, 0.2) is 23.0 Å². The smallest absolute Gasteiger partial charge is 0.317 e. The number of nitrogens with one attached hydrogen (secondary N) is 1. The van der Waals surface area contributed by atoms with Crippen LogP contribution in [0.25, 0.3) is 0 Å². The summed E-state index contributed by atoms with van der Waals surface area (Å²) < 4.78 is 23.9. The molecule has 1 aliphatic rings. The number of rotatable bonds is 9. The summed E-state index contributed by atoms with van der Waals surface area (Å²) in [4.78, 5) is 25.0. The van der Waals surface area contributed by atoms with Crippen molar-refractivity contribution in [1.82, 2.24) is 15.4 Å². The van der Waals surface area contributed by atoms with Crippen LogP contribution >= 0.6 is 0 Å². The number of aliphatic carboxylic acids is 1. The number of amides is 1. The summed E-state index contributed by atoms with van der Waals surface area (Å²) in [6.07, 6.45) is 1.38. The highest BCUT2D eigenvalue weighted by molar-refractivity contribution is 5.92. The molecule has 9 heteroatoms. The van der Waals surface area contributed by atoms with Crippen LogP contribution in [0.5, 0.6) is 5.75 Å². The summed E-state index contributed by atoms with van der Waals surface area (Å²) in [7, 11) is 0. The van der Waals surface area contributed by atoms with E-state index in [0.717, 1.165) is 0 Å². The highest BCUT2D eigenvalue weighted by Gasteiger charge is 2.35. The Bertz CT molecular complexity index is 834. The third kappa shape index (κ3) is 4.86. The number of aromatic nitrogens is 1. The number of carbonyl (C=O) groups excluding carboxylic acids is 1. The molecular formula is C19H22FN3O5. The van der Waals surface area contributed by atoms with Crippen molar-refractivity contribution >= 4 is 11.9 Å². The topological polar surface area (TPSA) is 105 Å². The van der Waals surface area contributed by atoms with Crippen molar-refractivity contribution in [1.29, 1.82) is 0 Å². The van der Waals surface area contributed by atoms with Gasteiger partial charge in [-0.25, -0.2) is 4.39 Å². The van der Waals surface area contributed by atoms with E-state index in [-0.39, 0.29) is 42.6 Å². The Morgan fingerprint density at radius 1 is 1.39 bits per heavy atom. The molecule has 0 atom stereocenters. The van der Waals surface area contributed by atoms with Gasteiger partial charge in [0.25, 0.3) is 5.91 Å². The van der Waals surface area contributed by atoms with Gasteiger partial charge in [0.1, 0.15) is 6.61 Å². The number of benzene rings is 1. The van der Waals surface area contributed by atoms with Crippen LogP contribution in [0.15, 0.2) is 34.9 Å². The van der Waals surface area contributed by atoms with Gasteiger partial charge in [-0.15, -0.1) is 0 Å². The van der Waals surface area contributed by atoms with Gasteiger partial charge in [0.05, 0.1) is 6.54 Å². The van der Waals surface area contributed by atoms with E-state index in [1.165, 1.54) is 18.2 Å². The third-order valence-electron chi connectivity index (χ3n) is 4.71. The molecule has 1 saturated carbocycles.